The van der Waals surface area contributed by atoms with Crippen LogP contribution >= 0.6 is 0 Å². The summed E-state index contributed by atoms with van der Waals surface area (Å²) < 4.78 is 11.3. The average molecular weight is 223 g/mol. The number of anilines is 1. The van der Waals surface area contributed by atoms with Crippen LogP contribution in [0.2, 0.25) is 0 Å². The molecule has 1 rings (SSSR count). The zero-order valence-electron chi connectivity index (χ0n) is 10.2. The van der Waals surface area contributed by atoms with Crippen LogP contribution in [0.1, 0.15) is 27.7 Å². The third-order valence-corrected chi connectivity index (χ3v) is 1.76. The van der Waals surface area contributed by atoms with Gasteiger partial charge in [0.2, 0.25) is 5.95 Å². The fourth-order valence-corrected chi connectivity index (χ4v) is 1.15. The van der Waals surface area contributed by atoms with Crippen molar-refractivity contribution in [1.82, 2.24) is 9.97 Å². The third-order valence-electron chi connectivity index (χ3n) is 1.76. The first kappa shape index (κ1) is 12.9. The summed E-state index contributed by atoms with van der Waals surface area (Å²) in [5, 5.41) is 0. The van der Waals surface area contributed by atoms with Gasteiger partial charge in [0.05, 0.1) is 0 Å². The molecule has 0 atom stereocenters. The molecule has 0 fully saturated rings. The van der Waals surface area contributed by atoms with E-state index in [1.165, 1.54) is 0 Å². The second-order valence-electron chi connectivity index (χ2n) is 4.08. The van der Waals surface area contributed by atoms with Gasteiger partial charge in [-0.15, -0.1) is 0 Å². The summed E-state index contributed by atoms with van der Waals surface area (Å²) in [5.74, 6) is 0.247. The Labute approximate surface area is 96.5 Å². The van der Waals surface area contributed by atoms with Crippen molar-refractivity contribution in [2.45, 2.75) is 39.9 Å². The summed E-state index contributed by atoms with van der Waals surface area (Å²) in [6.45, 7) is 7.81. The molecule has 0 bridgehead atoms. The first-order valence-corrected chi connectivity index (χ1v) is 5.37. The average Bonchev–Trinajstić information content (AvgIpc) is 2.16. The highest BCUT2D eigenvalue weighted by Crippen LogP contribution is 2.00. The van der Waals surface area contributed by atoms with Crippen LogP contribution in [0.3, 0.4) is 0 Å². The molecule has 0 aliphatic carbocycles. The number of nitrogens with zero attached hydrogens (tertiary/aromatic N) is 2. The number of hydrogen-bond acceptors (Lipinski definition) is 5. The second kappa shape index (κ2) is 5.82. The van der Waals surface area contributed by atoms with Crippen molar-refractivity contribution in [3.63, 3.8) is 0 Å². The molecule has 88 valence electrons. The Balaban J connectivity index is 2.78. The van der Waals surface area contributed by atoms with E-state index in [0.29, 0.717) is 0 Å². The van der Waals surface area contributed by atoms with Crippen LogP contribution in [0.5, 0.6) is 0 Å². The molecule has 0 saturated heterocycles. The molecule has 5 nitrogen and oxygen atoms in total. The van der Waals surface area contributed by atoms with E-state index in [1.807, 2.05) is 27.7 Å². The van der Waals surface area contributed by atoms with Crippen LogP contribution in [0.15, 0.2) is 12.4 Å². The molecule has 6 heteroatoms. The van der Waals surface area contributed by atoms with Crippen molar-refractivity contribution in [2.75, 3.05) is 5.73 Å². The highest BCUT2D eigenvalue weighted by molar-refractivity contribution is 6.61. The zero-order valence-corrected chi connectivity index (χ0v) is 10.2. The van der Waals surface area contributed by atoms with Crippen molar-refractivity contribution in [3.05, 3.63) is 12.4 Å². The monoisotopic (exact) mass is 223 g/mol. The molecule has 0 spiro atoms. The highest BCUT2D eigenvalue weighted by atomic mass is 16.6. The van der Waals surface area contributed by atoms with Crippen molar-refractivity contribution in [2.24, 2.45) is 0 Å². The zero-order chi connectivity index (χ0) is 12.1. The Morgan fingerprint density at radius 1 is 1.06 bits per heavy atom. The lowest BCUT2D eigenvalue weighted by molar-refractivity contribution is 0.139. The Bertz CT molecular complexity index is 306. The molecule has 0 amide bonds. The summed E-state index contributed by atoms with van der Waals surface area (Å²) >= 11 is 0. The maximum Gasteiger partial charge on any atom is 0.497 e. The Morgan fingerprint density at radius 3 is 1.88 bits per heavy atom. The van der Waals surface area contributed by atoms with Gasteiger partial charge in [0.15, 0.2) is 0 Å². The molecule has 0 saturated carbocycles. The van der Waals surface area contributed by atoms with E-state index in [4.69, 9.17) is 15.0 Å². The minimum atomic E-state index is -0.444. The second-order valence-corrected chi connectivity index (χ2v) is 4.08. The lowest BCUT2D eigenvalue weighted by atomic mass is 9.80. The van der Waals surface area contributed by atoms with E-state index in [2.05, 4.69) is 9.97 Å². The van der Waals surface area contributed by atoms with Crippen LogP contribution in [0.25, 0.3) is 0 Å². The van der Waals surface area contributed by atoms with Gasteiger partial charge in [-0.1, -0.05) is 0 Å². The number of nitrogen functional groups attached to an aromatic ring is 1. The minimum absolute atomic E-state index is 0.0707. The molecule has 0 radical (unpaired) electrons. The van der Waals surface area contributed by atoms with Gasteiger partial charge in [-0.25, -0.2) is 9.97 Å². The van der Waals surface area contributed by atoms with Crippen LogP contribution in [-0.4, -0.2) is 29.3 Å². The van der Waals surface area contributed by atoms with E-state index in [-0.39, 0.29) is 18.2 Å². The van der Waals surface area contributed by atoms with E-state index in [1.54, 1.807) is 12.4 Å². The van der Waals surface area contributed by atoms with E-state index >= 15 is 0 Å². The number of nitrogens with two attached hydrogens (primary N) is 1. The highest BCUT2D eigenvalue weighted by Gasteiger charge is 2.24. The van der Waals surface area contributed by atoms with Gasteiger partial charge < -0.3 is 15.0 Å². The normalized spacial score (nSPS) is 11.1. The third kappa shape index (κ3) is 4.16. The van der Waals surface area contributed by atoms with E-state index in [9.17, 15) is 0 Å². The van der Waals surface area contributed by atoms with Gasteiger partial charge in [-0.3, -0.25) is 0 Å². The van der Waals surface area contributed by atoms with Gasteiger partial charge in [-0.05, 0) is 27.7 Å². The number of rotatable bonds is 5. The fraction of sp³-hybridized carbons (Fsp3) is 0.600. The summed E-state index contributed by atoms with van der Waals surface area (Å²) in [5.41, 5.74) is 6.20. The first-order valence-electron chi connectivity index (χ1n) is 5.37. The Hall–Kier alpha value is -1.14. The van der Waals surface area contributed by atoms with Crippen molar-refractivity contribution >= 4 is 18.5 Å². The fourth-order valence-electron chi connectivity index (χ4n) is 1.15. The Kier molecular flexibility index (Phi) is 4.70. The largest absolute Gasteiger partial charge is 0.497 e. The molecule has 1 heterocycles. The van der Waals surface area contributed by atoms with Crippen LogP contribution in [0, 0.1) is 0 Å². The summed E-state index contributed by atoms with van der Waals surface area (Å²) in [6.07, 6.45) is 3.39. The summed E-state index contributed by atoms with van der Waals surface area (Å²) in [7, 11) is -0.444. The van der Waals surface area contributed by atoms with E-state index < -0.39 is 7.12 Å². The standard InChI is InChI=1S/C10H18BN3O2/c1-7(2)15-11(16-8(3)4)9-5-13-10(12)14-6-9/h5-8H,1-4H3,(H2,12,13,14). The van der Waals surface area contributed by atoms with Crippen molar-refractivity contribution in [1.29, 1.82) is 0 Å². The molecule has 0 aromatic carbocycles. The molecule has 0 aliphatic rings. The summed E-state index contributed by atoms with van der Waals surface area (Å²) in [4.78, 5) is 7.84. The van der Waals surface area contributed by atoms with Crippen LogP contribution in [-0.2, 0) is 9.31 Å². The molecular formula is C10H18BN3O2. The minimum Gasteiger partial charge on any atom is -0.405 e. The van der Waals surface area contributed by atoms with Gasteiger partial charge >= 0.3 is 7.12 Å². The number of hydrogen-bond donors (Lipinski definition) is 1. The predicted molar refractivity (Wildman–Crippen MR) is 64.3 cm³/mol. The predicted octanol–water partition coefficient (Wildman–Crippen LogP) is 0.604. The van der Waals surface area contributed by atoms with Crippen LogP contribution < -0.4 is 11.2 Å². The number of aromatic nitrogens is 2. The van der Waals surface area contributed by atoms with Crippen LogP contribution in [0.4, 0.5) is 5.95 Å². The SMILES string of the molecule is CC(C)OB(OC(C)C)c1cnc(N)nc1. The first-order chi connectivity index (χ1) is 7.49. The van der Waals surface area contributed by atoms with Gasteiger partial charge in [0.1, 0.15) is 0 Å². The maximum atomic E-state index is 5.64. The van der Waals surface area contributed by atoms with Crippen molar-refractivity contribution < 1.29 is 9.31 Å². The van der Waals surface area contributed by atoms with Gasteiger partial charge in [0, 0.05) is 30.1 Å². The van der Waals surface area contributed by atoms with Gasteiger partial charge in [0.25, 0.3) is 0 Å². The molecule has 1 aromatic heterocycles. The molecule has 2 N–H and O–H groups in total. The smallest absolute Gasteiger partial charge is 0.405 e. The summed E-state index contributed by atoms with van der Waals surface area (Å²) in [6, 6.07) is 0. The molecule has 0 unspecified atom stereocenters. The quantitative estimate of drug-likeness (QED) is 0.740. The lowest BCUT2D eigenvalue weighted by Gasteiger charge is -2.19. The maximum absolute atomic E-state index is 5.64. The lowest BCUT2D eigenvalue weighted by Crippen LogP contribution is -2.41. The molecule has 1 aromatic rings. The topological polar surface area (TPSA) is 70.3 Å². The van der Waals surface area contributed by atoms with Crippen molar-refractivity contribution in [3.8, 4) is 0 Å². The van der Waals surface area contributed by atoms with E-state index in [0.717, 1.165) is 5.46 Å². The molecule has 16 heavy (non-hydrogen) atoms. The molecular weight excluding hydrogens is 205 g/mol. The van der Waals surface area contributed by atoms with Gasteiger partial charge in [-0.2, -0.15) is 0 Å². The molecule has 0 aliphatic heterocycles. The Morgan fingerprint density at radius 2 is 1.50 bits per heavy atom.